The van der Waals surface area contributed by atoms with Crippen LogP contribution in [-0.4, -0.2) is 11.4 Å². The zero-order valence-corrected chi connectivity index (χ0v) is 38.0. The zero-order valence-electron chi connectivity index (χ0n) is 38.0. The Kier molecular flexibility index (Phi) is 7.29. The Labute approximate surface area is 366 Å². The summed E-state index contributed by atoms with van der Waals surface area (Å²) in [6.45, 7) is 25.4. The van der Waals surface area contributed by atoms with E-state index in [4.69, 9.17) is 4.74 Å². The van der Waals surface area contributed by atoms with Gasteiger partial charge < -0.3 is 19.0 Å². The second-order valence-electron chi connectivity index (χ2n) is 21.9. The zero-order chi connectivity index (χ0) is 43.0. The van der Waals surface area contributed by atoms with Crippen LogP contribution in [0.5, 0.6) is 11.5 Å². The van der Waals surface area contributed by atoms with E-state index in [9.17, 15) is 0 Å². The lowest BCUT2D eigenvalue weighted by molar-refractivity contribution is 0.471. The van der Waals surface area contributed by atoms with Gasteiger partial charge in [0.2, 0.25) is 0 Å². The molecule has 5 heterocycles. The van der Waals surface area contributed by atoms with Crippen molar-refractivity contribution in [1.29, 1.82) is 0 Å². The fourth-order valence-electron chi connectivity index (χ4n) is 11.0. The molecule has 0 unspecified atom stereocenters. The fourth-order valence-corrected chi connectivity index (χ4v) is 11.0. The van der Waals surface area contributed by atoms with Gasteiger partial charge >= 0.3 is 6.85 Å². The van der Waals surface area contributed by atoms with Crippen LogP contribution < -0.4 is 25.4 Å². The summed E-state index contributed by atoms with van der Waals surface area (Å²) in [6, 6.07) is 49.3. The highest BCUT2D eigenvalue weighted by Gasteiger charge is 2.50. The summed E-state index contributed by atoms with van der Waals surface area (Å²) in [7, 11) is 0. The number of nitrogens with zero attached hydrogens (tertiary/aromatic N) is 3. The fraction of sp³-hybridized carbons (Fsp3) is 0.263. The Hall–Kier alpha value is -6.20. The normalized spacial score (nSPS) is 15.5. The minimum atomic E-state index is -0.314. The Morgan fingerprint density at radius 2 is 1.23 bits per heavy atom. The smallest absolute Gasteiger partial charge is 0.333 e. The van der Waals surface area contributed by atoms with Crippen LogP contribution in [0.15, 0.2) is 127 Å². The van der Waals surface area contributed by atoms with Gasteiger partial charge in [-0.05, 0) is 122 Å². The van der Waals surface area contributed by atoms with Gasteiger partial charge in [0.1, 0.15) is 5.75 Å². The maximum absolute atomic E-state index is 7.29. The molecule has 4 bridgehead atoms. The summed E-state index contributed by atoms with van der Waals surface area (Å²) < 4.78 is 9.85. The number of anilines is 5. The van der Waals surface area contributed by atoms with Gasteiger partial charge in [-0.2, -0.15) is 0 Å². The molecule has 0 saturated heterocycles. The molecule has 4 aliphatic heterocycles. The van der Waals surface area contributed by atoms with Crippen molar-refractivity contribution in [3.05, 3.63) is 155 Å². The summed E-state index contributed by atoms with van der Waals surface area (Å²) in [6.07, 6.45) is 0. The molecule has 0 radical (unpaired) electrons. The van der Waals surface area contributed by atoms with Crippen molar-refractivity contribution in [2.45, 2.75) is 97.8 Å². The van der Waals surface area contributed by atoms with Crippen molar-refractivity contribution in [3.8, 4) is 28.3 Å². The SMILES string of the molecule is CC(C)(C)c1ccc(N2c3cc(C(C)(C)C)ccc3B3c4c2cc2c5ccccc5n5c2c4-c2cc(cc4c2N3c2ccc(C(C)(C)C)cc2O4)C(C)(C)c2cccc-5c2)cc1. The molecule has 0 atom stereocenters. The lowest BCUT2D eigenvalue weighted by Crippen LogP contribution is -2.62. The highest BCUT2D eigenvalue weighted by molar-refractivity contribution is 6.94. The first kappa shape index (κ1) is 37.6. The van der Waals surface area contributed by atoms with Crippen LogP contribution in [0.1, 0.15) is 104 Å². The molecule has 62 heavy (non-hydrogen) atoms. The average Bonchev–Trinajstić information content (AvgIpc) is 3.56. The van der Waals surface area contributed by atoms with Crippen LogP contribution in [0.25, 0.3) is 38.6 Å². The number of rotatable bonds is 1. The molecule has 12 rings (SSSR count). The van der Waals surface area contributed by atoms with E-state index in [1.807, 2.05) is 0 Å². The van der Waals surface area contributed by atoms with Gasteiger partial charge in [0.25, 0.3) is 0 Å². The van der Waals surface area contributed by atoms with Crippen LogP contribution in [0.3, 0.4) is 0 Å². The van der Waals surface area contributed by atoms with E-state index in [0.717, 1.165) is 22.9 Å². The number of aromatic nitrogens is 1. The molecule has 5 heteroatoms. The lowest BCUT2D eigenvalue weighted by atomic mass is 9.43. The third-order valence-electron chi connectivity index (χ3n) is 14.6. The summed E-state index contributed by atoms with van der Waals surface area (Å²) >= 11 is 0. The van der Waals surface area contributed by atoms with Gasteiger partial charge in [-0.15, -0.1) is 0 Å². The van der Waals surface area contributed by atoms with Crippen molar-refractivity contribution >= 4 is 68.0 Å². The molecular formula is C57H54BN3O. The minimum absolute atomic E-state index is 0.0362. The molecule has 0 aliphatic carbocycles. The molecule has 0 spiro atoms. The molecule has 0 amide bonds. The van der Waals surface area contributed by atoms with Crippen LogP contribution in [0.4, 0.5) is 28.4 Å². The predicted molar refractivity (Wildman–Crippen MR) is 263 cm³/mol. The van der Waals surface area contributed by atoms with E-state index in [2.05, 4.69) is 218 Å². The summed E-state index contributed by atoms with van der Waals surface area (Å²) in [5.74, 6) is 1.83. The first-order valence-corrected chi connectivity index (χ1v) is 22.5. The number of fused-ring (bicyclic) bond motifs is 12. The molecule has 7 aromatic carbocycles. The van der Waals surface area contributed by atoms with Crippen LogP contribution in [0.2, 0.25) is 0 Å². The lowest BCUT2D eigenvalue weighted by Gasteiger charge is -2.48. The molecule has 8 aromatic rings. The van der Waals surface area contributed by atoms with E-state index in [0.29, 0.717) is 0 Å². The molecule has 4 nitrogen and oxygen atoms in total. The van der Waals surface area contributed by atoms with E-state index in [1.54, 1.807) is 0 Å². The molecule has 1 aromatic heterocycles. The number of benzene rings is 7. The molecule has 0 N–H and O–H groups in total. The van der Waals surface area contributed by atoms with Crippen molar-refractivity contribution in [2.75, 3.05) is 9.71 Å². The molecule has 4 aliphatic rings. The van der Waals surface area contributed by atoms with Gasteiger partial charge in [0.05, 0.1) is 22.4 Å². The van der Waals surface area contributed by atoms with Gasteiger partial charge in [0, 0.05) is 50.1 Å². The van der Waals surface area contributed by atoms with Gasteiger partial charge in [0.15, 0.2) is 5.75 Å². The summed E-state index contributed by atoms with van der Waals surface area (Å²) in [5, 5.41) is 2.51. The summed E-state index contributed by atoms with van der Waals surface area (Å²) in [4.78, 5) is 5.24. The monoisotopic (exact) mass is 807 g/mol. The highest BCUT2D eigenvalue weighted by Crippen LogP contribution is 2.59. The summed E-state index contributed by atoms with van der Waals surface area (Å²) in [5.41, 5.74) is 20.7. The predicted octanol–water partition coefficient (Wildman–Crippen LogP) is 14.1. The number of hydrogen-bond acceptors (Lipinski definition) is 3. The number of hydrogen-bond donors (Lipinski definition) is 0. The van der Waals surface area contributed by atoms with E-state index in [-0.39, 0.29) is 28.5 Å². The van der Waals surface area contributed by atoms with Gasteiger partial charge in [-0.3, -0.25) is 0 Å². The number of para-hydroxylation sites is 1. The van der Waals surface area contributed by atoms with Gasteiger partial charge in [-0.25, -0.2) is 0 Å². The Balaban J connectivity index is 1.30. The second-order valence-corrected chi connectivity index (χ2v) is 21.9. The molecule has 0 saturated carbocycles. The molecule has 0 fully saturated rings. The van der Waals surface area contributed by atoms with Crippen molar-refractivity contribution in [3.63, 3.8) is 0 Å². The van der Waals surface area contributed by atoms with E-state index < -0.39 is 0 Å². The Bertz CT molecular complexity index is 3260. The Morgan fingerprint density at radius 3 is 1.97 bits per heavy atom. The quantitative estimate of drug-likeness (QED) is 0.154. The number of ether oxygens (including phenoxy) is 1. The first-order valence-electron chi connectivity index (χ1n) is 22.5. The van der Waals surface area contributed by atoms with Crippen molar-refractivity contribution < 1.29 is 4.74 Å². The maximum atomic E-state index is 7.29. The van der Waals surface area contributed by atoms with E-state index >= 15 is 0 Å². The standard InChI is InChI=1S/C57H54BN3O/c1-54(2,3)33-19-23-38(24-20-33)59-46-29-34(55(4,5)6)21-25-43(46)58-51-47(59)32-41-40-17-12-13-18-44(40)60-39-16-14-15-36(27-39)57(10,11)37-28-42(50(51)53(41)60)52-49(31-37)62-48-30-35(56(7,8)9)22-26-45(48)61(52)58/h12-32H,1-11H3. The van der Waals surface area contributed by atoms with Crippen molar-refractivity contribution in [1.82, 2.24) is 4.57 Å². The van der Waals surface area contributed by atoms with Crippen molar-refractivity contribution in [2.24, 2.45) is 0 Å². The average molecular weight is 808 g/mol. The van der Waals surface area contributed by atoms with E-state index in [1.165, 1.54) is 94.4 Å². The first-order chi connectivity index (χ1) is 29.4. The largest absolute Gasteiger partial charge is 0.453 e. The molecule has 306 valence electrons. The van der Waals surface area contributed by atoms with Gasteiger partial charge in [-0.1, -0.05) is 137 Å². The van der Waals surface area contributed by atoms with Crippen LogP contribution in [-0.2, 0) is 21.7 Å². The highest BCUT2D eigenvalue weighted by atomic mass is 16.5. The van der Waals surface area contributed by atoms with Crippen LogP contribution >= 0.6 is 0 Å². The second kappa shape index (κ2) is 12.0. The Morgan fingerprint density at radius 1 is 0.532 bits per heavy atom. The molecular weight excluding hydrogens is 753 g/mol. The third-order valence-corrected chi connectivity index (χ3v) is 14.6. The maximum Gasteiger partial charge on any atom is 0.333 e. The third kappa shape index (κ3) is 5.02. The minimum Gasteiger partial charge on any atom is -0.453 e. The topological polar surface area (TPSA) is 20.6 Å². The van der Waals surface area contributed by atoms with Crippen LogP contribution in [0, 0.1) is 0 Å².